The van der Waals surface area contributed by atoms with E-state index in [9.17, 15) is 19.0 Å². The van der Waals surface area contributed by atoms with Crippen LogP contribution in [0.1, 0.15) is 399 Å². The zero-order valence-electron chi connectivity index (χ0n) is 55.5. The number of phosphoric ester groups is 1. The molecule has 0 radical (unpaired) electrons. The molecule has 0 aromatic carbocycles. The lowest BCUT2D eigenvalue weighted by atomic mass is 10.0. The van der Waals surface area contributed by atoms with Crippen molar-refractivity contribution in [2.45, 2.75) is 405 Å². The number of hydrogen-bond donors (Lipinski definition) is 2. The molecule has 0 bridgehead atoms. The molecule has 0 aliphatic carbocycles. The summed E-state index contributed by atoms with van der Waals surface area (Å²) in [6, 6.07) is 0. The molecular formula is C73H142NO8P. The fourth-order valence-corrected chi connectivity index (χ4v) is 12.1. The van der Waals surface area contributed by atoms with Crippen molar-refractivity contribution in [2.24, 2.45) is 5.73 Å². The molecule has 0 rings (SSSR count). The van der Waals surface area contributed by atoms with Crippen LogP contribution in [0.4, 0.5) is 0 Å². The van der Waals surface area contributed by atoms with Crippen LogP contribution in [0.5, 0.6) is 0 Å². The Morgan fingerprint density at radius 2 is 0.627 bits per heavy atom. The predicted octanol–water partition coefficient (Wildman–Crippen LogP) is 24.1. The summed E-state index contributed by atoms with van der Waals surface area (Å²) in [6.07, 6.45) is 85.9. The quantitative estimate of drug-likeness (QED) is 0.0264. The average molecular weight is 1190 g/mol. The number of carbonyl (C=O) groups is 2. The maximum absolute atomic E-state index is 12.8. The fourth-order valence-electron chi connectivity index (χ4n) is 11.4. The predicted molar refractivity (Wildman–Crippen MR) is 358 cm³/mol. The van der Waals surface area contributed by atoms with Crippen LogP contribution >= 0.6 is 7.82 Å². The lowest BCUT2D eigenvalue weighted by molar-refractivity contribution is -0.161. The number of unbranched alkanes of at least 4 members (excludes halogenated alkanes) is 54. The van der Waals surface area contributed by atoms with E-state index in [0.717, 1.165) is 38.5 Å². The number of hydrogen-bond acceptors (Lipinski definition) is 8. The van der Waals surface area contributed by atoms with Crippen LogP contribution in [0.3, 0.4) is 0 Å². The van der Waals surface area contributed by atoms with Gasteiger partial charge in [0.05, 0.1) is 13.2 Å². The van der Waals surface area contributed by atoms with Gasteiger partial charge < -0.3 is 20.1 Å². The van der Waals surface area contributed by atoms with E-state index in [2.05, 4.69) is 38.2 Å². The van der Waals surface area contributed by atoms with E-state index in [1.807, 2.05) is 0 Å². The third kappa shape index (κ3) is 69.5. The second-order valence-corrected chi connectivity index (χ2v) is 26.6. The molecule has 0 saturated heterocycles. The van der Waals surface area contributed by atoms with E-state index in [4.69, 9.17) is 24.3 Å². The van der Waals surface area contributed by atoms with Crippen LogP contribution in [0.2, 0.25) is 0 Å². The molecule has 0 aliphatic heterocycles. The molecule has 10 heteroatoms. The number of allylic oxidation sites excluding steroid dienone is 4. The van der Waals surface area contributed by atoms with Crippen molar-refractivity contribution < 1.29 is 37.6 Å². The van der Waals surface area contributed by atoms with Crippen LogP contribution in [0, 0.1) is 0 Å². The van der Waals surface area contributed by atoms with Crippen LogP contribution in [-0.2, 0) is 32.7 Å². The Morgan fingerprint density at radius 3 is 0.916 bits per heavy atom. The van der Waals surface area contributed by atoms with E-state index >= 15 is 0 Å². The smallest absolute Gasteiger partial charge is 0.462 e. The monoisotopic (exact) mass is 1190 g/mol. The van der Waals surface area contributed by atoms with Crippen molar-refractivity contribution >= 4 is 19.8 Å². The van der Waals surface area contributed by atoms with Gasteiger partial charge >= 0.3 is 19.8 Å². The van der Waals surface area contributed by atoms with Gasteiger partial charge in [-0.1, -0.05) is 366 Å². The first-order valence-corrected chi connectivity index (χ1v) is 38.3. The highest BCUT2D eigenvalue weighted by Crippen LogP contribution is 2.43. The first kappa shape index (κ1) is 81.5. The lowest BCUT2D eigenvalue weighted by Crippen LogP contribution is -2.29. The maximum atomic E-state index is 12.8. The molecule has 0 heterocycles. The SMILES string of the molecule is CCCCCCC/C=C\C/C=C\CCCCCCCCCCCCCCCCCCCCCCCCCCCCCCCC(=O)OC(COC(=O)CCCCCCCCCCCCCCCCCCCCCCC)COP(=O)(O)OCCN. The topological polar surface area (TPSA) is 134 Å². The minimum Gasteiger partial charge on any atom is -0.462 e. The van der Waals surface area contributed by atoms with Crippen LogP contribution in [0.25, 0.3) is 0 Å². The van der Waals surface area contributed by atoms with Crippen LogP contribution in [-0.4, -0.2) is 49.3 Å². The molecule has 0 saturated carbocycles. The first-order valence-electron chi connectivity index (χ1n) is 36.8. The highest BCUT2D eigenvalue weighted by molar-refractivity contribution is 7.47. The largest absolute Gasteiger partial charge is 0.472 e. The average Bonchev–Trinajstić information content (AvgIpc) is 3.49. The highest BCUT2D eigenvalue weighted by atomic mass is 31.2. The molecule has 0 amide bonds. The van der Waals surface area contributed by atoms with Crippen molar-refractivity contribution in [3.05, 3.63) is 24.3 Å². The third-order valence-corrected chi connectivity index (χ3v) is 17.8. The van der Waals surface area contributed by atoms with Crippen molar-refractivity contribution in [1.82, 2.24) is 0 Å². The molecule has 3 N–H and O–H groups in total. The summed E-state index contributed by atoms with van der Waals surface area (Å²) >= 11 is 0. The molecule has 492 valence electrons. The Hall–Kier alpha value is -1.51. The Morgan fingerprint density at radius 1 is 0.361 bits per heavy atom. The van der Waals surface area contributed by atoms with E-state index in [1.54, 1.807) is 0 Å². The van der Waals surface area contributed by atoms with Crippen LogP contribution in [0.15, 0.2) is 24.3 Å². The van der Waals surface area contributed by atoms with Gasteiger partial charge in [0.25, 0.3) is 0 Å². The van der Waals surface area contributed by atoms with Gasteiger partial charge in [0.15, 0.2) is 6.10 Å². The van der Waals surface area contributed by atoms with Crippen molar-refractivity contribution in [1.29, 1.82) is 0 Å². The molecule has 83 heavy (non-hydrogen) atoms. The molecule has 9 nitrogen and oxygen atoms in total. The second-order valence-electron chi connectivity index (χ2n) is 25.2. The van der Waals surface area contributed by atoms with Gasteiger partial charge in [-0.25, -0.2) is 4.57 Å². The minimum atomic E-state index is -4.39. The van der Waals surface area contributed by atoms with Crippen molar-refractivity contribution in [3.8, 4) is 0 Å². The Labute approximate surface area is 516 Å². The summed E-state index contributed by atoms with van der Waals surface area (Å²) < 4.78 is 33.2. The number of ether oxygens (including phenoxy) is 2. The van der Waals surface area contributed by atoms with Crippen molar-refractivity contribution in [2.75, 3.05) is 26.4 Å². The van der Waals surface area contributed by atoms with E-state index in [1.165, 1.54) is 327 Å². The molecular weight excluding hydrogens is 1050 g/mol. The standard InChI is InChI=1S/C73H142NO8P/c1-3-5-7-9-11-13-15-17-19-21-23-25-26-27-28-29-30-31-32-33-34-35-36-37-38-39-40-41-42-43-44-46-48-50-52-54-56-58-60-62-64-66-73(76)82-71(70-81-83(77,78)80-68-67-74)69-79-72(75)65-63-61-59-57-55-53-51-49-47-45-24-22-20-18-16-14-12-10-8-6-4-2/h15,17,21,23,71H,3-14,16,18-20,22,24-70,74H2,1-2H3,(H,77,78)/b17-15-,23-21-. The third-order valence-electron chi connectivity index (χ3n) is 16.8. The zero-order valence-corrected chi connectivity index (χ0v) is 56.4. The molecule has 0 spiro atoms. The molecule has 0 fully saturated rings. The molecule has 0 aromatic rings. The van der Waals surface area contributed by atoms with E-state index < -0.39 is 26.5 Å². The van der Waals surface area contributed by atoms with Crippen molar-refractivity contribution in [3.63, 3.8) is 0 Å². The minimum absolute atomic E-state index is 0.0577. The summed E-state index contributed by atoms with van der Waals surface area (Å²) in [5.41, 5.74) is 5.40. The number of nitrogens with two attached hydrogens (primary N) is 1. The molecule has 2 atom stereocenters. The Balaban J connectivity index is 3.72. The number of esters is 2. The van der Waals surface area contributed by atoms with E-state index in [0.29, 0.717) is 6.42 Å². The molecule has 0 aliphatic rings. The summed E-state index contributed by atoms with van der Waals surface area (Å²) in [4.78, 5) is 35.3. The number of carbonyl (C=O) groups excluding carboxylic acids is 2. The van der Waals surface area contributed by atoms with Gasteiger partial charge in [0.2, 0.25) is 0 Å². The van der Waals surface area contributed by atoms with Gasteiger partial charge in [-0.2, -0.15) is 0 Å². The summed E-state index contributed by atoms with van der Waals surface area (Å²) in [5, 5.41) is 0. The van der Waals surface area contributed by atoms with E-state index in [-0.39, 0.29) is 38.6 Å². The highest BCUT2D eigenvalue weighted by Gasteiger charge is 2.26. The van der Waals surface area contributed by atoms with Gasteiger partial charge in [-0.05, 0) is 44.9 Å². The van der Waals surface area contributed by atoms with Crippen LogP contribution < -0.4 is 5.73 Å². The van der Waals surface area contributed by atoms with Gasteiger partial charge in [-0.15, -0.1) is 0 Å². The number of phosphoric acid groups is 1. The summed E-state index contributed by atoms with van der Waals surface area (Å²) in [6.45, 7) is 3.82. The maximum Gasteiger partial charge on any atom is 0.472 e. The molecule has 0 aromatic heterocycles. The second kappa shape index (κ2) is 69.6. The Bertz CT molecular complexity index is 1410. The fraction of sp³-hybridized carbons (Fsp3) is 0.918. The Kier molecular flexibility index (Phi) is 68.3. The lowest BCUT2D eigenvalue weighted by Gasteiger charge is -2.19. The van der Waals surface area contributed by atoms with Gasteiger partial charge in [0.1, 0.15) is 6.61 Å². The number of rotatable bonds is 71. The van der Waals surface area contributed by atoms with Gasteiger partial charge in [0, 0.05) is 19.4 Å². The molecule has 2 unspecified atom stereocenters. The van der Waals surface area contributed by atoms with Gasteiger partial charge in [-0.3, -0.25) is 18.6 Å². The zero-order chi connectivity index (χ0) is 60.1. The normalized spacial score (nSPS) is 13.0. The summed E-state index contributed by atoms with van der Waals surface area (Å²) in [5.74, 6) is -0.800. The summed E-state index contributed by atoms with van der Waals surface area (Å²) in [7, 11) is -4.39. The first-order chi connectivity index (χ1) is 40.8.